The van der Waals surface area contributed by atoms with E-state index in [1.807, 2.05) is 0 Å². The largest absolute Gasteiger partial charge is 0.463 e. The van der Waals surface area contributed by atoms with Crippen LogP contribution in [-0.2, 0) is 19.1 Å². The molecule has 1 saturated carbocycles. The fraction of sp³-hybridized carbons (Fsp3) is 0.833. The van der Waals surface area contributed by atoms with Gasteiger partial charge >= 0.3 is 11.9 Å². The van der Waals surface area contributed by atoms with Gasteiger partial charge in [-0.25, -0.2) is 4.79 Å². The third-order valence-corrected chi connectivity index (χ3v) is 2.85. The molecule has 1 aliphatic carbocycles. The van der Waals surface area contributed by atoms with Crippen LogP contribution in [0, 0.1) is 5.92 Å². The Balaban J connectivity index is 2.34. The molecule has 0 saturated heterocycles. The molecule has 1 atom stereocenters. The number of carbonyl (C=O) groups is 2. The molecule has 0 amide bonds. The predicted molar refractivity (Wildman–Crippen MR) is 58.8 cm³/mol. The van der Waals surface area contributed by atoms with Gasteiger partial charge in [-0.05, 0) is 26.7 Å². The summed E-state index contributed by atoms with van der Waals surface area (Å²) >= 11 is 0. The molecule has 16 heavy (non-hydrogen) atoms. The molecule has 1 aliphatic rings. The lowest BCUT2D eigenvalue weighted by atomic mass is 9.89. The number of hydrogen-bond donors (Lipinski definition) is 0. The van der Waals surface area contributed by atoms with Gasteiger partial charge in [-0.2, -0.15) is 0 Å². The van der Waals surface area contributed by atoms with Crippen molar-refractivity contribution in [1.82, 2.24) is 0 Å². The van der Waals surface area contributed by atoms with Gasteiger partial charge < -0.3 is 9.47 Å². The fourth-order valence-corrected chi connectivity index (χ4v) is 1.92. The van der Waals surface area contributed by atoms with Crippen LogP contribution in [0.5, 0.6) is 0 Å². The molecule has 0 N–H and O–H groups in total. The molecular weight excluding hydrogens is 208 g/mol. The summed E-state index contributed by atoms with van der Waals surface area (Å²) in [5, 5.41) is 0. The molecule has 0 aromatic rings. The normalized spacial score (nSPS) is 18.9. The summed E-state index contributed by atoms with van der Waals surface area (Å²) in [5.41, 5.74) is 0. The number of esters is 2. The third-order valence-electron chi connectivity index (χ3n) is 2.85. The molecule has 0 spiro atoms. The van der Waals surface area contributed by atoms with E-state index < -0.39 is 12.1 Å². The maximum Gasteiger partial charge on any atom is 0.347 e. The standard InChI is InChI=1S/C12H20O4/c1-3-15-11(13)9(2)16-12(14)10-7-5-4-6-8-10/h9-10H,3-8H2,1-2H3/t9-/m0/s1. The van der Waals surface area contributed by atoms with Gasteiger partial charge in [0.05, 0.1) is 12.5 Å². The Bertz CT molecular complexity index is 243. The zero-order valence-electron chi connectivity index (χ0n) is 10.0. The molecular formula is C12H20O4. The predicted octanol–water partition coefficient (Wildman–Crippen LogP) is 2.06. The molecule has 0 unspecified atom stereocenters. The van der Waals surface area contributed by atoms with Crippen molar-refractivity contribution < 1.29 is 19.1 Å². The van der Waals surface area contributed by atoms with Crippen LogP contribution in [0.1, 0.15) is 46.0 Å². The third kappa shape index (κ3) is 3.83. The van der Waals surface area contributed by atoms with Gasteiger partial charge in [0.15, 0.2) is 6.10 Å². The Hall–Kier alpha value is -1.06. The summed E-state index contributed by atoms with van der Waals surface area (Å²) in [4.78, 5) is 22.9. The summed E-state index contributed by atoms with van der Waals surface area (Å²) in [6.45, 7) is 3.59. The van der Waals surface area contributed by atoms with Crippen LogP contribution in [0.25, 0.3) is 0 Å². The first-order valence-electron chi connectivity index (χ1n) is 6.02. The van der Waals surface area contributed by atoms with E-state index in [0.717, 1.165) is 25.7 Å². The van der Waals surface area contributed by atoms with Crippen LogP contribution in [0.2, 0.25) is 0 Å². The Labute approximate surface area is 96.3 Å². The van der Waals surface area contributed by atoms with Crippen molar-refractivity contribution in [3.8, 4) is 0 Å². The van der Waals surface area contributed by atoms with Crippen molar-refractivity contribution in [2.24, 2.45) is 5.92 Å². The maximum atomic E-state index is 11.7. The Morgan fingerprint density at radius 2 is 1.88 bits per heavy atom. The van der Waals surface area contributed by atoms with E-state index in [4.69, 9.17) is 9.47 Å². The number of rotatable bonds is 4. The van der Waals surface area contributed by atoms with Crippen LogP contribution in [0.15, 0.2) is 0 Å². The maximum absolute atomic E-state index is 11.7. The molecule has 1 rings (SSSR count). The summed E-state index contributed by atoms with van der Waals surface area (Å²) in [7, 11) is 0. The van der Waals surface area contributed by atoms with Crippen molar-refractivity contribution in [3.63, 3.8) is 0 Å². The van der Waals surface area contributed by atoms with Gasteiger partial charge in [-0.3, -0.25) is 4.79 Å². The van der Waals surface area contributed by atoms with E-state index in [1.165, 1.54) is 6.42 Å². The second-order valence-corrected chi connectivity index (χ2v) is 4.17. The summed E-state index contributed by atoms with van der Waals surface area (Å²) in [6.07, 6.45) is 4.33. The minimum absolute atomic E-state index is 0.0226. The lowest BCUT2D eigenvalue weighted by Gasteiger charge is -2.21. The Morgan fingerprint density at radius 1 is 1.25 bits per heavy atom. The highest BCUT2D eigenvalue weighted by molar-refractivity contribution is 5.80. The smallest absolute Gasteiger partial charge is 0.347 e. The second-order valence-electron chi connectivity index (χ2n) is 4.17. The first-order valence-corrected chi connectivity index (χ1v) is 6.02. The van der Waals surface area contributed by atoms with E-state index in [1.54, 1.807) is 13.8 Å². The van der Waals surface area contributed by atoms with Gasteiger partial charge in [-0.15, -0.1) is 0 Å². The average molecular weight is 228 g/mol. The van der Waals surface area contributed by atoms with Crippen LogP contribution in [-0.4, -0.2) is 24.6 Å². The first-order chi connectivity index (χ1) is 7.65. The number of ether oxygens (including phenoxy) is 2. The molecule has 4 nitrogen and oxygen atoms in total. The first kappa shape index (κ1) is 13.0. The van der Waals surface area contributed by atoms with Crippen molar-refractivity contribution in [2.75, 3.05) is 6.61 Å². The quantitative estimate of drug-likeness (QED) is 0.691. The average Bonchev–Trinajstić information content (AvgIpc) is 2.30. The highest BCUT2D eigenvalue weighted by atomic mass is 16.6. The van der Waals surface area contributed by atoms with Crippen molar-refractivity contribution >= 4 is 11.9 Å². The van der Waals surface area contributed by atoms with Gasteiger partial charge in [0, 0.05) is 0 Å². The lowest BCUT2D eigenvalue weighted by Crippen LogP contribution is -2.30. The van der Waals surface area contributed by atoms with Crippen LogP contribution < -0.4 is 0 Å². The van der Waals surface area contributed by atoms with Crippen LogP contribution in [0.4, 0.5) is 0 Å². The van der Waals surface area contributed by atoms with Crippen molar-refractivity contribution in [3.05, 3.63) is 0 Å². The SMILES string of the molecule is CCOC(=O)[C@H](C)OC(=O)C1CCCCC1. The summed E-state index contributed by atoms with van der Waals surface area (Å²) in [5.74, 6) is -0.738. The number of hydrogen-bond acceptors (Lipinski definition) is 4. The van der Waals surface area contributed by atoms with Gasteiger partial charge in [0.1, 0.15) is 0 Å². The van der Waals surface area contributed by atoms with Crippen molar-refractivity contribution in [2.45, 2.75) is 52.1 Å². The molecule has 92 valence electrons. The van der Waals surface area contributed by atoms with Gasteiger partial charge in [0.2, 0.25) is 0 Å². The highest BCUT2D eigenvalue weighted by Crippen LogP contribution is 2.25. The molecule has 1 fully saturated rings. The number of carbonyl (C=O) groups excluding carboxylic acids is 2. The van der Waals surface area contributed by atoms with E-state index in [2.05, 4.69) is 0 Å². The zero-order valence-corrected chi connectivity index (χ0v) is 10.0. The lowest BCUT2D eigenvalue weighted by molar-refractivity contribution is -0.169. The Kier molecular flexibility index (Phi) is 5.29. The molecule has 0 aromatic heterocycles. The highest BCUT2D eigenvalue weighted by Gasteiger charge is 2.26. The fourth-order valence-electron chi connectivity index (χ4n) is 1.92. The molecule has 0 radical (unpaired) electrons. The van der Waals surface area contributed by atoms with Crippen molar-refractivity contribution in [1.29, 1.82) is 0 Å². The molecule has 0 aliphatic heterocycles. The van der Waals surface area contributed by atoms with E-state index in [0.29, 0.717) is 6.61 Å². The molecule has 4 heteroatoms. The van der Waals surface area contributed by atoms with Gasteiger partial charge in [0.25, 0.3) is 0 Å². The molecule has 0 heterocycles. The molecule has 0 bridgehead atoms. The second kappa shape index (κ2) is 6.51. The topological polar surface area (TPSA) is 52.6 Å². The minimum atomic E-state index is -0.783. The summed E-state index contributed by atoms with van der Waals surface area (Å²) < 4.78 is 9.87. The minimum Gasteiger partial charge on any atom is -0.463 e. The van der Waals surface area contributed by atoms with E-state index in [9.17, 15) is 9.59 Å². The van der Waals surface area contributed by atoms with E-state index in [-0.39, 0.29) is 11.9 Å². The van der Waals surface area contributed by atoms with Crippen LogP contribution in [0.3, 0.4) is 0 Å². The zero-order chi connectivity index (χ0) is 12.0. The Morgan fingerprint density at radius 3 is 2.44 bits per heavy atom. The summed E-state index contributed by atoms with van der Waals surface area (Å²) in [6, 6.07) is 0. The van der Waals surface area contributed by atoms with Crippen LogP contribution >= 0.6 is 0 Å². The van der Waals surface area contributed by atoms with Gasteiger partial charge in [-0.1, -0.05) is 19.3 Å². The van der Waals surface area contributed by atoms with E-state index >= 15 is 0 Å². The molecule has 0 aromatic carbocycles. The monoisotopic (exact) mass is 228 g/mol.